The van der Waals surface area contributed by atoms with Crippen molar-refractivity contribution >= 4 is 44.4 Å². The van der Waals surface area contributed by atoms with Crippen LogP contribution in [-0.2, 0) is 19.5 Å². The van der Waals surface area contributed by atoms with Crippen LogP contribution in [0.3, 0.4) is 0 Å². The molecule has 3 aromatic heterocycles. The van der Waals surface area contributed by atoms with Crippen LogP contribution in [0, 0.1) is 6.92 Å². The number of carbonyl (C=O) groups excluding carboxylic acids is 1. The molecule has 50 heavy (non-hydrogen) atoms. The fourth-order valence-electron chi connectivity index (χ4n) is 6.21. The van der Waals surface area contributed by atoms with E-state index in [0.29, 0.717) is 60.3 Å². The number of carboxylic acid groups (broad SMARTS) is 1. The number of likely N-dealkylation sites (N-methyl/N-ethyl adjacent to an activating group) is 1. The van der Waals surface area contributed by atoms with Gasteiger partial charge in [0.1, 0.15) is 18.2 Å². The molecule has 4 heterocycles. The maximum atomic E-state index is 13.5. The molecular formula is C38H37N7O4S. The first-order chi connectivity index (χ1) is 24.2. The number of carbonyl (C=O) groups is 2. The predicted molar refractivity (Wildman–Crippen MR) is 196 cm³/mol. The molecule has 1 amide bonds. The molecule has 0 saturated heterocycles. The first-order valence-electron chi connectivity index (χ1n) is 16.4. The minimum absolute atomic E-state index is 0.0471. The van der Waals surface area contributed by atoms with Gasteiger partial charge in [-0.15, -0.1) is 0 Å². The zero-order valence-electron chi connectivity index (χ0n) is 28.1. The number of amides is 1. The van der Waals surface area contributed by atoms with Crippen LogP contribution < -0.4 is 15.0 Å². The molecule has 2 N–H and O–H groups in total. The van der Waals surface area contributed by atoms with Gasteiger partial charge in [0.15, 0.2) is 10.8 Å². The second-order valence-corrected chi connectivity index (χ2v) is 13.6. The number of benzene rings is 3. The van der Waals surface area contributed by atoms with Crippen molar-refractivity contribution in [1.82, 2.24) is 24.6 Å². The second-order valence-electron chi connectivity index (χ2n) is 12.5. The molecule has 0 unspecified atom stereocenters. The number of ether oxygens (including phenoxy) is 1. The number of thiazole rings is 1. The number of rotatable bonds is 11. The minimum Gasteiger partial charge on any atom is -0.492 e. The SMILES string of the molecule is Cc1c(-c2ccc(N3CCc4cccc(C(=O)Nc5nc6ccccc6s5)c4C3)nc2C(=O)O)cnn1Cc1cccc(OCCN(C)C)c1. The maximum Gasteiger partial charge on any atom is 0.355 e. The number of hydrogen-bond donors (Lipinski definition) is 2. The summed E-state index contributed by atoms with van der Waals surface area (Å²) in [6.07, 6.45) is 2.39. The molecule has 254 valence electrons. The fraction of sp³-hybridized carbons (Fsp3) is 0.237. The summed E-state index contributed by atoms with van der Waals surface area (Å²) >= 11 is 1.43. The first kappa shape index (κ1) is 32.9. The van der Waals surface area contributed by atoms with Crippen LogP contribution in [0.5, 0.6) is 5.75 Å². The van der Waals surface area contributed by atoms with Gasteiger partial charge in [0.2, 0.25) is 0 Å². The molecule has 0 spiro atoms. The Balaban J connectivity index is 1.10. The lowest BCUT2D eigenvalue weighted by Crippen LogP contribution is -2.33. The van der Waals surface area contributed by atoms with Crippen LogP contribution in [0.25, 0.3) is 21.3 Å². The Morgan fingerprint density at radius 1 is 1.00 bits per heavy atom. The number of para-hydroxylation sites is 1. The van der Waals surface area contributed by atoms with E-state index in [-0.39, 0.29) is 11.6 Å². The predicted octanol–water partition coefficient (Wildman–Crippen LogP) is 6.37. The van der Waals surface area contributed by atoms with Gasteiger partial charge in [-0.25, -0.2) is 14.8 Å². The van der Waals surface area contributed by atoms with E-state index in [2.05, 4.69) is 25.3 Å². The molecule has 1 aliphatic heterocycles. The summed E-state index contributed by atoms with van der Waals surface area (Å²) in [5.74, 6) is -0.0174. The Labute approximate surface area is 293 Å². The molecule has 0 bridgehead atoms. The minimum atomic E-state index is -1.12. The molecule has 6 aromatic rings. The van der Waals surface area contributed by atoms with Crippen LogP contribution >= 0.6 is 11.3 Å². The van der Waals surface area contributed by atoms with Gasteiger partial charge in [-0.05, 0) is 86.6 Å². The normalized spacial score (nSPS) is 12.7. The number of fused-ring (bicyclic) bond motifs is 2. The van der Waals surface area contributed by atoms with Crippen LogP contribution in [-0.4, -0.2) is 75.4 Å². The quantitative estimate of drug-likeness (QED) is 0.160. The van der Waals surface area contributed by atoms with Crippen molar-refractivity contribution in [3.63, 3.8) is 0 Å². The summed E-state index contributed by atoms with van der Waals surface area (Å²) in [6, 6.07) is 25.1. The van der Waals surface area contributed by atoms with E-state index in [4.69, 9.17) is 4.74 Å². The lowest BCUT2D eigenvalue weighted by Gasteiger charge is -2.31. The van der Waals surface area contributed by atoms with Crippen molar-refractivity contribution in [1.29, 1.82) is 0 Å². The number of hydrogen-bond acceptors (Lipinski definition) is 9. The average Bonchev–Trinajstić information content (AvgIpc) is 3.69. The Morgan fingerprint density at radius 2 is 1.84 bits per heavy atom. The lowest BCUT2D eigenvalue weighted by molar-refractivity contribution is 0.0691. The Hall–Kier alpha value is -5.59. The third-order valence-electron chi connectivity index (χ3n) is 8.87. The van der Waals surface area contributed by atoms with Crippen LogP contribution in [0.4, 0.5) is 10.9 Å². The highest BCUT2D eigenvalue weighted by Crippen LogP contribution is 2.32. The summed E-state index contributed by atoms with van der Waals surface area (Å²) in [6.45, 7) is 4.90. The number of aromatic carboxylic acids is 1. The van der Waals surface area contributed by atoms with E-state index in [0.717, 1.165) is 44.9 Å². The zero-order chi connectivity index (χ0) is 34.8. The molecule has 0 radical (unpaired) electrons. The lowest BCUT2D eigenvalue weighted by atomic mass is 9.94. The fourth-order valence-corrected chi connectivity index (χ4v) is 7.07. The molecule has 12 heteroatoms. The van der Waals surface area contributed by atoms with E-state index >= 15 is 0 Å². The molecule has 0 atom stereocenters. The summed E-state index contributed by atoms with van der Waals surface area (Å²) in [4.78, 5) is 39.4. The van der Waals surface area contributed by atoms with E-state index in [9.17, 15) is 14.7 Å². The van der Waals surface area contributed by atoms with Crippen LogP contribution in [0.15, 0.2) is 85.1 Å². The van der Waals surface area contributed by atoms with Crippen LogP contribution in [0.1, 0.15) is 43.2 Å². The third kappa shape index (κ3) is 6.93. The van der Waals surface area contributed by atoms with Crippen molar-refractivity contribution in [2.24, 2.45) is 0 Å². The standard InChI is InChI=1S/C38H37N7O4S/c1-24-30(21-39-45(24)22-25-8-6-10-27(20-25)49-19-18-43(2)3)28-14-15-34(41-35(28)37(47)48)44-17-16-26-9-7-11-29(31(26)23-44)36(46)42-38-40-32-12-4-5-13-33(32)50-38/h4-15,20-21H,16-19,22-23H2,1-3H3,(H,47,48)(H,40,42,46). The van der Waals surface area contributed by atoms with Crippen LogP contribution in [0.2, 0.25) is 0 Å². The topological polar surface area (TPSA) is 126 Å². The summed E-state index contributed by atoms with van der Waals surface area (Å²) < 4.78 is 8.76. The van der Waals surface area contributed by atoms with Gasteiger partial charge >= 0.3 is 5.97 Å². The van der Waals surface area contributed by atoms with Gasteiger partial charge in [-0.1, -0.05) is 47.7 Å². The number of carboxylic acids is 1. The largest absolute Gasteiger partial charge is 0.492 e. The van der Waals surface area contributed by atoms with E-state index < -0.39 is 5.97 Å². The number of anilines is 2. The van der Waals surface area contributed by atoms with Gasteiger partial charge in [0, 0.05) is 42.0 Å². The highest BCUT2D eigenvalue weighted by Gasteiger charge is 2.26. The highest BCUT2D eigenvalue weighted by molar-refractivity contribution is 7.22. The third-order valence-corrected chi connectivity index (χ3v) is 9.82. The second kappa shape index (κ2) is 14.1. The summed E-state index contributed by atoms with van der Waals surface area (Å²) in [5, 5.41) is 18.4. The zero-order valence-corrected chi connectivity index (χ0v) is 28.9. The maximum absolute atomic E-state index is 13.5. The monoisotopic (exact) mass is 687 g/mol. The van der Waals surface area contributed by atoms with Gasteiger partial charge in [0.05, 0.1) is 23.0 Å². The van der Waals surface area contributed by atoms with Crippen molar-refractivity contribution in [2.45, 2.75) is 26.4 Å². The molecule has 1 aliphatic rings. The molecule has 3 aromatic carbocycles. The van der Waals surface area contributed by atoms with E-state index in [1.54, 1.807) is 12.3 Å². The van der Waals surface area contributed by atoms with Crippen molar-refractivity contribution in [3.8, 4) is 16.9 Å². The Kier molecular flexibility index (Phi) is 9.29. The molecule has 0 fully saturated rings. The average molecular weight is 688 g/mol. The van der Waals surface area contributed by atoms with E-state index in [1.165, 1.54) is 11.3 Å². The van der Waals surface area contributed by atoms with Gasteiger partial charge in [-0.3, -0.25) is 14.8 Å². The van der Waals surface area contributed by atoms with Gasteiger partial charge in [0.25, 0.3) is 5.91 Å². The molecular weight excluding hydrogens is 651 g/mol. The number of nitrogens with one attached hydrogen (secondary N) is 1. The number of aromatic nitrogens is 4. The number of pyridine rings is 1. The van der Waals surface area contributed by atoms with Gasteiger partial charge in [-0.2, -0.15) is 5.10 Å². The summed E-state index contributed by atoms with van der Waals surface area (Å²) in [5.41, 5.74) is 6.39. The molecule has 7 rings (SSSR count). The molecule has 0 aliphatic carbocycles. The highest BCUT2D eigenvalue weighted by atomic mass is 32.1. The first-order valence-corrected chi connectivity index (χ1v) is 17.2. The Morgan fingerprint density at radius 3 is 2.66 bits per heavy atom. The smallest absolute Gasteiger partial charge is 0.355 e. The van der Waals surface area contributed by atoms with E-state index in [1.807, 2.05) is 103 Å². The van der Waals surface area contributed by atoms with Gasteiger partial charge < -0.3 is 19.6 Å². The molecule has 0 saturated carbocycles. The summed E-state index contributed by atoms with van der Waals surface area (Å²) in [7, 11) is 4.02. The van der Waals surface area contributed by atoms with Crippen molar-refractivity contribution in [2.75, 3.05) is 44.0 Å². The van der Waals surface area contributed by atoms with Crippen molar-refractivity contribution < 1.29 is 19.4 Å². The molecule has 11 nitrogen and oxygen atoms in total. The van der Waals surface area contributed by atoms with Crippen molar-refractivity contribution in [3.05, 3.63) is 119 Å². The number of nitrogens with zero attached hydrogens (tertiary/aromatic N) is 6. The Bertz CT molecular complexity index is 2180.